The monoisotopic (exact) mass is 401 g/mol. The summed E-state index contributed by atoms with van der Waals surface area (Å²) in [5, 5.41) is 10.3. The number of rotatable bonds is 6. The van der Waals surface area contributed by atoms with Gasteiger partial charge in [0.1, 0.15) is 6.54 Å². The van der Waals surface area contributed by atoms with Crippen molar-refractivity contribution in [2.75, 3.05) is 17.3 Å². The summed E-state index contributed by atoms with van der Waals surface area (Å²) in [5.74, 6) is -0.140. The minimum atomic E-state index is -3.05. The van der Waals surface area contributed by atoms with Crippen molar-refractivity contribution in [3.05, 3.63) is 39.0 Å². The maximum atomic E-state index is 11.9. The van der Waals surface area contributed by atoms with Crippen molar-refractivity contribution in [2.45, 2.75) is 24.2 Å². The molecule has 2 N–H and O–H groups in total. The van der Waals surface area contributed by atoms with E-state index in [4.69, 9.17) is 4.42 Å². The Morgan fingerprint density at radius 1 is 1.42 bits per heavy atom. The van der Waals surface area contributed by atoms with Crippen molar-refractivity contribution in [2.24, 2.45) is 0 Å². The van der Waals surface area contributed by atoms with Crippen LogP contribution < -0.4 is 16.6 Å². The molecule has 1 atom stereocenters. The van der Waals surface area contributed by atoms with Gasteiger partial charge in [0.2, 0.25) is 11.8 Å². The van der Waals surface area contributed by atoms with Crippen LogP contribution in [0.1, 0.15) is 12.3 Å². The van der Waals surface area contributed by atoms with E-state index in [0.29, 0.717) is 6.42 Å². The van der Waals surface area contributed by atoms with E-state index < -0.39 is 21.1 Å². The number of amides is 1. The van der Waals surface area contributed by atoms with Crippen molar-refractivity contribution in [3.63, 3.8) is 0 Å². The second kappa shape index (κ2) is 7.45. The number of hydrogen-bond donors (Lipinski definition) is 2. The highest BCUT2D eigenvalue weighted by Gasteiger charge is 2.28. The number of nitrogens with zero attached hydrogens (tertiary/aromatic N) is 3. The molecule has 26 heavy (non-hydrogen) atoms. The highest BCUT2D eigenvalue weighted by molar-refractivity contribution is 7.99. The van der Waals surface area contributed by atoms with Crippen LogP contribution in [0.4, 0.5) is 0 Å². The minimum absolute atomic E-state index is 0.00319. The number of carbonyl (C=O) groups is 1. The molecule has 1 saturated heterocycles. The molecule has 0 unspecified atom stereocenters. The normalized spacial score (nSPS) is 18.7. The van der Waals surface area contributed by atoms with Gasteiger partial charge in [0.25, 0.3) is 10.8 Å². The fourth-order valence-corrected chi connectivity index (χ4v) is 4.65. The van der Waals surface area contributed by atoms with Gasteiger partial charge < -0.3 is 9.73 Å². The van der Waals surface area contributed by atoms with Crippen molar-refractivity contribution in [1.82, 2.24) is 25.1 Å². The van der Waals surface area contributed by atoms with Gasteiger partial charge in [0.05, 0.1) is 17.3 Å². The number of H-pyrrole nitrogens is 1. The molecule has 1 fully saturated rings. The third-order valence-corrected chi connectivity index (χ3v) is 6.16. The van der Waals surface area contributed by atoms with Gasteiger partial charge in [-0.25, -0.2) is 13.2 Å². The van der Waals surface area contributed by atoms with Gasteiger partial charge in [-0.2, -0.15) is 0 Å². The summed E-state index contributed by atoms with van der Waals surface area (Å²) in [4.78, 5) is 36.6. The van der Waals surface area contributed by atoms with Crippen LogP contribution >= 0.6 is 11.8 Å². The highest BCUT2D eigenvalue weighted by Crippen LogP contribution is 2.17. The van der Waals surface area contributed by atoms with Crippen LogP contribution in [0.15, 0.2) is 31.5 Å². The van der Waals surface area contributed by atoms with Gasteiger partial charge in [0.15, 0.2) is 9.84 Å². The Hall–Kier alpha value is -2.41. The third-order valence-electron chi connectivity index (χ3n) is 3.58. The van der Waals surface area contributed by atoms with E-state index in [-0.39, 0.29) is 46.9 Å². The number of sulfone groups is 1. The number of carbonyl (C=O) groups excluding carboxylic acids is 1. The molecule has 0 aliphatic carbocycles. The summed E-state index contributed by atoms with van der Waals surface area (Å²) in [5.41, 5.74) is -1.11. The zero-order valence-electron chi connectivity index (χ0n) is 13.4. The minimum Gasteiger partial charge on any atom is -0.414 e. The Morgan fingerprint density at radius 2 is 2.23 bits per heavy atom. The Labute approximate surface area is 151 Å². The molecule has 0 aromatic carbocycles. The van der Waals surface area contributed by atoms with E-state index >= 15 is 0 Å². The number of hydrogen-bond acceptors (Lipinski definition) is 9. The summed E-state index contributed by atoms with van der Waals surface area (Å²) >= 11 is 1.00. The lowest BCUT2D eigenvalue weighted by Gasteiger charge is -2.09. The predicted molar refractivity (Wildman–Crippen MR) is 90.6 cm³/mol. The van der Waals surface area contributed by atoms with Crippen molar-refractivity contribution in [3.8, 4) is 0 Å². The molecule has 1 amide bonds. The van der Waals surface area contributed by atoms with Crippen LogP contribution in [-0.4, -0.2) is 57.4 Å². The van der Waals surface area contributed by atoms with E-state index in [1.807, 2.05) is 0 Å². The first-order valence-electron chi connectivity index (χ1n) is 7.55. The van der Waals surface area contributed by atoms with E-state index in [1.165, 1.54) is 16.8 Å². The van der Waals surface area contributed by atoms with Gasteiger partial charge in [-0.3, -0.25) is 19.1 Å². The standard InChI is InChI=1S/C13H15N5O6S2/c19-9-1-3-18(12(21)15-9)5-11-16-17-13(24-11)25-6-10(20)14-8-2-4-26(22,23)7-8/h1,3,8H,2,4-7H2,(H,14,20)(H,15,19,21)/t8-/m0/s1. The van der Waals surface area contributed by atoms with Gasteiger partial charge in [-0.15, -0.1) is 10.2 Å². The second-order valence-corrected chi connectivity index (χ2v) is 8.81. The molecule has 140 valence electrons. The van der Waals surface area contributed by atoms with Gasteiger partial charge in [-0.1, -0.05) is 11.8 Å². The summed E-state index contributed by atoms with van der Waals surface area (Å²) in [7, 11) is -3.05. The molecule has 1 aliphatic heterocycles. The first kappa shape index (κ1) is 18.4. The third kappa shape index (κ3) is 4.82. The largest absolute Gasteiger partial charge is 0.414 e. The average Bonchev–Trinajstić information content (AvgIpc) is 3.14. The number of nitrogens with one attached hydrogen (secondary N) is 2. The number of aromatic amines is 1. The lowest BCUT2D eigenvalue weighted by molar-refractivity contribution is -0.119. The Balaban J connectivity index is 1.51. The van der Waals surface area contributed by atoms with Crippen LogP contribution in [0.25, 0.3) is 0 Å². The zero-order chi connectivity index (χ0) is 18.7. The molecule has 0 radical (unpaired) electrons. The maximum absolute atomic E-state index is 11.9. The predicted octanol–water partition coefficient (Wildman–Crippen LogP) is -1.64. The summed E-state index contributed by atoms with van der Waals surface area (Å²) in [6.45, 7) is -0.0185. The smallest absolute Gasteiger partial charge is 0.328 e. The van der Waals surface area contributed by atoms with Crippen molar-refractivity contribution >= 4 is 27.5 Å². The number of thioether (sulfide) groups is 1. The molecular weight excluding hydrogens is 386 g/mol. The SMILES string of the molecule is O=C(CSc1nnc(Cn2ccc(=O)[nH]c2=O)o1)N[C@H]1CCS(=O)(=O)C1. The topological polar surface area (TPSA) is 157 Å². The second-order valence-electron chi connectivity index (χ2n) is 5.66. The van der Waals surface area contributed by atoms with Crippen LogP contribution in [0.5, 0.6) is 0 Å². The van der Waals surface area contributed by atoms with Crippen LogP contribution in [0.3, 0.4) is 0 Å². The molecule has 2 aromatic rings. The van der Waals surface area contributed by atoms with E-state index in [9.17, 15) is 22.8 Å². The molecule has 0 saturated carbocycles. The Morgan fingerprint density at radius 3 is 2.92 bits per heavy atom. The molecule has 0 spiro atoms. The maximum Gasteiger partial charge on any atom is 0.328 e. The molecule has 11 nitrogen and oxygen atoms in total. The molecular formula is C13H15N5O6S2. The molecule has 13 heteroatoms. The van der Waals surface area contributed by atoms with Crippen LogP contribution in [0, 0.1) is 0 Å². The Kier molecular flexibility index (Phi) is 5.27. The molecule has 2 aromatic heterocycles. The molecule has 0 bridgehead atoms. The molecule has 3 heterocycles. The molecule has 3 rings (SSSR count). The fraction of sp³-hybridized carbons (Fsp3) is 0.462. The van der Waals surface area contributed by atoms with Crippen LogP contribution in [-0.2, 0) is 21.2 Å². The van der Waals surface area contributed by atoms with Gasteiger partial charge >= 0.3 is 5.69 Å². The zero-order valence-corrected chi connectivity index (χ0v) is 15.0. The molecule has 1 aliphatic rings. The van der Waals surface area contributed by atoms with Gasteiger partial charge in [0, 0.05) is 18.3 Å². The van der Waals surface area contributed by atoms with Crippen molar-refractivity contribution < 1.29 is 17.6 Å². The fourth-order valence-electron chi connectivity index (χ4n) is 2.38. The number of aromatic nitrogens is 4. The summed E-state index contributed by atoms with van der Waals surface area (Å²) < 4.78 is 29.3. The van der Waals surface area contributed by atoms with E-state index in [0.717, 1.165) is 11.8 Å². The Bertz CT molecular complexity index is 1020. The van der Waals surface area contributed by atoms with E-state index in [2.05, 4.69) is 20.5 Å². The first-order valence-corrected chi connectivity index (χ1v) is 10.4. The van der Waals surface area contributed by atoms with Crippen molar-refractivity contribution in [1.29, 1.82) is 0 Å². The average molecular weight is 401 g/mol. The first-order chi connectivity index (χ1) is 12.3. The lowest BCUT2D eigenvalue weighted by atomic mass is 10.3. The van der Waals surface area contributed by atoms with E-state index in [1.54, 1.807) is 0 Å². The van der Waals surface area contributed by atoms with Crippen LogP contribution in [0.2, 0.25) is 0 Å². The highest BCUT2D eigenvalue weighted by atomic mass is 32.2. The summed E-state index contributed by atoms with van der Waals surface area (Å²) in [6, 6.07) is 0.833. The lowest BCUT2D eigenvalue weighted by Crippen LogP contribution is -2.36. The quantitative estimate of drug-likeness (QED) is 0.542. The summed E-state index contributed by atoms with van der Waals surface area (Å²) in [6.07, 6.45) is 1.72. The van der Waals surface area contributed by atoms with Gasteiger partial charge in [-0.05, 0) is 6.42 Å².